The van der Waals surface area contributed by atoms with Crippen LogP contribution < -0.4 is 4.74 Å². The molecule has 0 saturated heterocycles. The van der Waals surface area contributed by atoms with E-state index in [1.54, 1.807) is 0 Å². The molecule has 0 bridgehead atoms. The van der Waals surface area contributed by atoms with Crippen LogP contribution in [0.3, 0.4) is 0 Å². The highest BCUT2D eigenvalue weighted by Gasteiger charge is 2.08. The van der Waals surface area contributed by atoms with Crippen LogP contribution in [0.25, 0.3) is 11.3 Å². The molecule has 0 aliphatic heterocycles. The van der Waals surface area contributed by atoms with Crippen LogP contribution >= 0.6 is 0 Å². The van der Waals surface area contributed by atoms with E-state index in [0.29, 0.717) is 19.4 Å². The van der Waals surface area contributed by atoms with Gasteiger partial charge in [0.15, 0.2) is 0 Å². The number of ether oxygens (including phenoxy) is 1. The summed E-state index contributed by atoms with van der Waals surface area (Å²) in [6, 6.07) is 10.0. The van der Waals surface area contributed by atoms with Gasteiger partial charge in [0.05, 0.1) is 18.4 Å². The van der Waals surface area contributed by atoms with Crippen LogP contribution in [0.15, 0.2) is 24.3 Å². The van der Waals surface area contributed by atoms with Crippen molar-refractivity contribution in [3.05, 3.63) is 35.8 Å². The minimum atomic E-state index is 0.482. The maximum absolute atomic E-state index is 8.60. The van der Waals surface area contributed by atoms with Gasteiger partial charge in [-0.1, -0.05) is 0 Å². The maximum atomic E-state index is 8.60. The van der Waals surface area contributed by atoms with Gasteiger partial charge in [-0.25, -0.2) is 4.98 Å². The molecule has 0 spiro atoms. The average molecular weight is 255 g/mol. The van der Waals surface area contributed by atoms with E-state index < -0.39 is 0 Å². The lowest BCUT2D eigenvalue weighted by Gasteiger charge is -2.03. The summed E-state index contributed by atoms with van der Waals surface area (Å²) < 4.78 is 5.42. The van der Waals surface area contributed by atoms with E-state index in [4.69, 9.17) is 10.00 Å². The number of imidazole rings is 1. The Balaban J connectivity index is 2.21. The zero-order valence-corrected chi connectivity index (χ0v) is 11.2. The Morgan fingerprint density at radius 1 is 1.32 bits per heavy atom. The standard InChI is InChI=1S/C15H17N3O/c1-3-19-13-8-6-12(7-9-13)15-11(2)17-14(18-15)5-4-10-16/h6-9H,3-5H2,1-2H3,(H,17,18). The quantitative estimate of drug-likeness (QED) is 0.892. The lowest BCUT2D eigenvalue weighted by Crippen LogP contribution is -1.91. The SMILES string of the molecule is CCOc1ccc(-c2nc(CCC#N)[nH]c2C)cc1. The number of aryl methyl sites for hydroxylation is 2. The zero-order valence-electron chi connectivity index (χ0n) is 11.2. The number of hydrogen-bond donors (Lipinski definition) is 1. The fraction of sp³-hybridized carbons (Fsp3) is 0.333. The van der Waals surface area contributed by atoms with E-state index in [0.717, 1.165) is 28.5 Å². The first kappa shape index (κ1) is 13.2. The third-order valence-electron chi connectivity index (χ3n) is 2.85. The second kappa shape index (κ2) is 6.05. The molecule has 0 aliphatic carbocycles. The number of hydrogen-bond acceptors (Lipinski definition) is 3. The number of nitrogens with zero attached hydrogens (tertiary/aromatic N) is 2. The van der Waals surface area contributed by atoms with Crippen molar-refractivity contribution in [3.63, 3.8) is 0 Å². The minimum absolute atomic E-state index is 0.482. The molecule has 1 aromatic heterocycles. The Morgan fingerprint density at radius 2 is 2.05 bits per heavy atom. The minimum Gasteiger partial charge on any atom is -0.494 e. The summed E-state index contributed by atoms with van der Waals surface area (Å²) in [5.74, 6) is 1.73. The molecule has 2 rings (SSSR count). The smallest absolute Gasteiger partial charge is 0.119 e. The Morgan fingerprint density at radius 3 is 2.68 bits per heavy atom. The van der Waals surface area contributed by atoms with Gasteiger partial charge < -0.3 is 9.72 Å². The highest BCUT2D eigenvalue weighted by molar-refractivity contribution is 5.62. The van der Waals surface area contributed by atoms with Gasteiger partial charge in [-0.15, -0.1) is 0 Å². The van der Waals surface area contributed by atoms with Crippen molar-refractivity contribution in [2.75, 3.05) is 6.61 Å². The molecule has 0 saturated carbocycles. The second-order valence-electron chi connectivity index (χ2n) is 4.27. The van der Waals surface area contributed by atoms with E-state index in [9.17, 15) is 0 Å². The molecule has 1 heterocycles. The Kier molecular flexibility index (Phi) is 4.19. The van der Waals surface area contributed by atoms with Gasteiger partial charge in [0, 0.05) is 24.1 Å². The lowest BCUT2D eigenvalue weighted by atomic mass is 10.1. The molecule has 0 unspecified atom stereocenters. The number of H-pyrrole nitrogens is 1. The first-order valence-corrected chi connectivity index (χ1v) is 6.40. The third kappa shape index (κ3) is 3.14. The topological polar surface area (TPSA) is 61.7 Å². The molecule has 4 heteroatoms. The van der Waals surface area contributed by atoms with Gasteiger partial charge in [0.1, 0.15) is 11.6 Å². The molecule has 1 N–H and O–H groups in total. The summed E-state index contributed by atoms with van der Waals surface area (Å²) in [7, 11) is 0. The van der Waals surface area contributed by atoms with Gasteiger partial charge in [0.2, 0.25) is 0 Å². The van der Waals surface area contributed by atoms with E-state index in [2.05, 4.69) is 16.0 Å². The van der Waals surface area contributed by atoms with Crippen molar-refractivity contribution < 1.29 is 4.74 Å². The van der Waals surface area contributed by atoms with Gasteiger partial charge in [-0.05, 0) is 38.1 Å². The van der Waals surface area contributed by atoms with Crippen molar-refractivity contribution in [2.45, 2.75) is 26.7 Å². The van der Waals surface area contributed by atoms with Gasteiger partial charge in [-0.3, -0.25) is 0 Å². The first-order chi connectivity index (χ1) is 9.24. The second-order valence-corrected chi connectivity index (χ2v) is 4.27. The van der Waals surface area contributed by atoms with Crippen LogP contribution in [-0.4, -0.2) is 16.6 Å². The predicted octanol–water partition coefficient (Wildman–Crippen LogP) is 3.24. The predicted molar refractivity (Wildman–Crippen MR) is 73.9 cm³/mol. The summed E-state index contributed by atoms with van der Waals surface area (Å²) >= 11 is 0. The largest absolute Gasteiger partial charge is 0.494 e. The van der Waals surface area contributed by atoms with E-state index in [1.807, 2.05) is 38.1 Å². The fourth-order valence-corrected chi connectivity index (χ4v) is 1.97. The van der Waals surface area contributed by atoms with E-state index in [-0.39, 0.29) is 0 Å². The van der Waals surface area contributed by atoms with Gasteiger partial charge >= 0.3 is 0 Å². The summed E-state index contributed by atoms with van der Waals surface area (Å²) in [5.41, 5.74) is 3.02. The van der Waals surface area contributed by atoms with Crippen molar-refractivity contribution in [3.8, 4) is 23.1 Å². The van der Waals surface area contributed by atoms with Crippen LogP contribution in [0, 0.1) is 18.3 Å². The van der Waals surface area contributed by atoms with Crippen LogP contribution in [-0.2, 0) is 6.42 Å². The van der Waals surface area contributed by atoms with Gasteiger partial charge in [0.25, 0.3) is 0 Å². The van der Waals surface area contributed by atoms with E-state index >= 15 is 0 Å². The van der Waals surface area contributed by atoms with Crippen molar-refractivity contribution in [1.29, 1.82) is 5.26 Å². The molecule has 19 heavy (non-hydrogen) atoms. The number of benzene rings is 1. The van der Waals surface area contributed by atoms with Gasteiger partial charge in [-0.2, -0.15) is 5.26 Å². The van der Waals surface area contributed by atoms with Crippen LogP contribution in [0.4, 0.5) is 0 Å². The molecule has 0 fully saturated rings. The fourth-order valence-electron chi connectivity index (χ4n) is 1.97. The molecule has 0 aliphatic rings. The molecule has 0 amide bonds. The molecular formula is C15H17N3O. The number of nitrogens with one attached hydrogen (secondary N) is 1. The molecule has 0 atom stereocenters. The zero-order chi connectivity index (χ0) is 13.7. The van der Waals surface area contributed by atoms with Crippen molar-refractivity contribution in [1.82, 2.24) is 9.97 Å². The number of nitriles is 1. The summed E-state index contributed by atoms with van der Waals surface area (Å²) in [5, 5.41) is 8.60. The number of aromatic amines is 1. The molecular weight excluding hydrogens is 238 g/mol. The van der Waals surface area contributed by atoms with Crippen molar-refractivity contribution >= 4 is 0 Å². The summed E-state index contributed by atoms with van der Waals surface area (Å²) in [6.45, 7) is 4.63. The van der Waals surface area contributed by atoms with E-state index in [1.165, 1.54) is 0 Å². The average Bonchev–Trinajstić information content (AvgIpc) is 2.79. The number of rotatable bonds is 5. The Hall–Kier alpha value is -2.28. The monoisotopic (exact) mass is 255 g/mol. The molecule has 1 aromatic carbocycles. The van der Waals surface area contributed by atoms with Crippen molar-refractivity contribution in [2.24, 2.45) is 0 Å². The molecule has 2 aromatic rings. The Labute approximate surface area is 113 Å². The lowest BCUT2D eigenvalue weighted by molar-refractivity contribution is 0.340. The Bertz CT molecular complexity index is 578. The summed E-state index contributed by atoms with van der Waals surface area (Å²) in [4.78, 5) is 7.77. The van der Waals surface area contributed by atoms with Crippen LogP contribution in [0.5, 0.6) is 5.75 Å². The van der Waals surface area contributed by atoms with Crippen LogP contribution in [0.1, 0.15) is 24.9 Å². The third-order valence-corrected chi connectivity index (χ3v) is 2.85. The normalized spacial score (nSPS) is 10.2. The molecule has 98 valence electrons. The highest BCUT2D eigenvalue weighted by Crippen LogP contribution is 2.24. The first-order valence-electron chi connectivity index (χ1n) is 6.40. The molecule has 0 radical (unpaired) electrons. The maximum Gasteiger partial charge on any atom is 0.119 e. The summed E-state index contributed by atoms with van der Waals surface area (Å²) in [6.07, 6.45) is 1.14. The number of aromatic nitrogens is 2. The van der Waals surface area contributed by atoms with Crippen LogP contribution in [0.2, 0.25) is 0 Å². The molecule has 4 nitrogen and oxygen atoms in total. The highest BCUT2D eigenvalue weighted by atomic mass is 16.5.